The summed E-state index contributed by atoms with van der Waals surface area (Å²) in [7, 11) is 0. The lowest BCUT2D eigenvalue weighted by atomic mass is 10.3. The van der Waals surface area contributed by atoms with Crippen LogP contribution in [0, 0.1) is 0 Å². The number of aromatic nitrogens is 4. The van der Waals surface area contributed by atoms with Crippen LogP contribution in [-0.4, -0.2) is 39.4 Å². The fourth-order valence-corrected chi connectivity index (χ4v) is 1.32. The summed E-state index contributed by atoms with van der Waals surface area (Å²) in [6, 6.07) is 7.04. The first-order valence-electron chi connectivity index (χ1n) is 5.41. The molecule has 0 atom stereocenters. The van der Waals surface area contributed by atoms with E-state index in [9.17, 15) is 4.79 Å². The van der Waals surface area contributed by atoms with Crippen LogP contribution in [0.25, 0.3) is 5.69 Å². The zero-order valence-electron chi connectivity index (χ0n) is 9.81. The van der Waals surface area contributed by atoms with Crippen molar-refractivity contribution in [3.8, 4) is 11.4 Å². The summed E-state index contributed by atoms with van der Waals surface area (Å²) >= 11 is 0. The van der Waals surface area contributed by atoms with E-state index in [4.69, 9.17) is 9.47 Å². The molecule has 0 N–H and O–H groups in total. The van der Waals surface area contributed by atoms with Crippen molar-refractivity contribution in [3.63, 3.8) is 0 Å². The summed E-state index contributed by atoms with van der Waals surface area (Å²) in [4.78, 5) is 11.1. The molecule has 0 fully saturated rings. The van der Waals surface area contributed by atoms with Gasteiger partial charge in [0.1, 0.15) is 12.1 Å². The minimum absolute atomic E-state index is 0.0991. The molecule has 0 spiro atoms. The van der Waals surface area contributed by atoms with Gasteiger partial charge in [0.25, 0.3) is 0 Å². The molecule has 2 rings (SSSR count). The van der Waals surface area contributed by atoms with Crippen molar-refractivity contribution in [3.05, 3.63) is 30.6 Å². The molecule has 1 aromatic heterocycles. The van der Waals surface area contributed by atoms with Gasteiger partial charge in [0, 0.05) is 0 Å². The third-order valence-electron chi connectivity index (χ3n) is 2.11. The number of hydrogen-bond donors (Lipinski definition) is 0. The van der Waals surface area contributed by atoms with E-state index >= 15 is 0 Å². The maximum absolute atomic E-state index is 11.1. The van der Waals surface area contributed by atoms with Crippen LogP contribution in [0.4, 0.5) is 0 Å². The SMILES string of the molecule is CCOC(=O)COc1ccc(-n2cnnn2)cc1. The van der Waals surface area contributed by atoms with E-state index in [1.54, 1.807) is 31.2 Å². The predicted molar refractivity (Wildman–Crippen MR) is 61.3 cm³/mol. The first kappa shape index (κ1) is 12.0. The Morgan fingerprint density at radius 2 is 2.11 bits per heavy atom. The van der Waals surface area contributed by atoms with Crippen molar-refractivity contribution >= 4 is 5.97 Å². The molecule has 7 nitrogen and oxygen atoms in total. The van der Waals surface area contributed by atoms with E-state index in [2.05, 4.69) is 15.5 Å². The molecule has 2 aromatic rings. The highest BCUT2D eigenvalue weighted by atomic mass is 16.6. The monoisotopic (exact) mass is 248 g/mol. The number of ether oxygens (including phenoxy) is 2. The van der Waals surface area contributed by atoms with Gasteiger partial charge >= 0.3 is 5.97 Å². The molecule has 94 valence electrons. The van der Waals surface area contributed by atoms with Crippen molar-refractivity contribution in [2.45, 2.75) is 6.92 Å². The van der Waals surface area contributed by atoms with Crippen molar-refractivity contribution in [1.29, 1.82) is 0 Å². The minimum atomic E-state index is -0.387. The van der Waals surface area contributed by atoms with Gasteiger partial charge in [0.05, 0.1) is 12.3 Å². The number of tetrazole rings is 1. The molecule has 0 aliphatic heterocycles. The molecule has 18 heavy (non-hydrogen) atoms. The fraction of sp³-hybridized carbons (Fsp3) is 0.273. The quantitative estimate of drug-likeness (QED) is 0.721. The Balaban J connectivity index is 1.94. The topological polar surface area (TPSA) is 79.1 Å². The highest BCUT2D eigenvalue weighted by molar-refractivity contribution is 5.71. The third-order valence-corrected chi connectivity index (χ3v) is 2.11. The van der Waals surface area contributed by atoms with Crippen molar-refractivity contribution in [2.24, 2.45) is 0 Å². The normalized spacial score (nSPS) is 10.1. The molecular formula is C11H12N4O3. The van der Waals surface area contributed by atoms with Gasteiger partial charge in [0.15, 0.2) is 6.61 Å². The molecule has 0 saturated heterocycles. The number of benzene rings is 1. The average molecular weight is 248 g/mol. The molecule has 1 heterocycles. The van der Waals surface area contributed by atoms with E-state index in [1.807, 2.05) is 0 Å². The molecule has 0 saturated carbocycles. The molecule has 0 unspecified atom stereocenters. The lowest BCUT2D eigenvalue weighted by Crippen LogP contribution is -2.14. The van der Waals surface area contributed by atoms with E-state index in [0.29, 0.717) is 12.4 Å². The average Bonchev–Trinajstić information content (AvgIpc) is 2.91. The van der Waals surface area contributed by atoms with Gasteiger partial charge in [-0.2, -0.15) is 0 Å². The number of rotatable bonds is 5. The first-order valence-corrected chi connectivity index (χ1v) is 5.41. The van der Waals surface area contributed by atoms with Gasteiger partial charge in [-0.05, 0) is 41.6 Å². The molecule has 1 aromatic carbocycles. The van der Waals surface area contributed by atoms with Gasteiger partial charge in [-0.15, -0.1) is 5.10 Å². The summed E-state index contributed by atoms with van der Waals surface area (Å²) in [5.41, 5.74) is 0.809. The Labute approximate surface area is 103 Å². The molecule has 7 heteroatoms. The number of carbonyl (C=O) groups is 1. The van der Waals surface area contributed by atoms with Crippen LogP contribution in [0.3, 0.4) is 0 Å². The zero-order chi connectivity index (χ0) is 12.8. The number of hydrogen-bond acceptors (Lipinski definition) is 6. The van der Waals surface area contributed by atoms with Gasteiger partial charge in [-0.25, -0.2) is 9.48 Å². The highest BCUT2D eigenvalue weighted by Crippen LogP contribution is 2.14. The maximum Gasteiger partial charge on any atom is 0.344 e. The Kier molecular flexibility index (Phi) is 3.85. The van der Waals surface area contributed by atoms with Crippen LogP contribution < -0.4 is 4.74 Å². The van der Waals surface area contributed by atoms with Crippen molar-refractivity contribution in [1.82, 2.24) is 20.2 Å². The van der Waals surface area contributed by atoms with Crippen molar-refractivity contribution < 1.29 is 14.3 Å². The van der Waals surface area contributed by atoms with E-state index in [-0.39, 0.29) is 12.6 Å². The molecule has 0 aliphatic carbocycles. The van der Waals surface area contributed by atoms with Crippen LogP contribution in [-0.2, 0) is 9.53 Å². The molecule has 0 amide bonds. The largest absolute Gasteiger partial charge is 0.482 e. The number of carbonyl (C=O) groups excluding carboxylic acids is 1. The van der Waals surface area contributed by atoms with Crippen LogP contribution in [0.5, 0.6) is 5.75 Å². The fourth-order valence-electron chi connectivity index (χ4n) is 1.32. The Morgan fingerprint density at radius 1 is 1.33 bits per heavy atom. The Hall–Kier alpha value is -2.44. The predicted octanol–water partition coefficient (Wildman–Crippen LogP) is 0.604. The number of nitrogens with zero attached hydrogens (tertiary/aromatic N) is 4. The summed E-state index contributed by atoms with van der Waals surface area (Å²) in [6.45, 7) is 2.00. The molecule has 0 aliphatic rings. The minimum Gasteiger partial charge on any atom is -0.482 e. The maximum atomic E-state index is 11.1. The zero-order valence-corrected chi connectivity index (χ0v) is 9.81. The summed E-state index contributed by atoms with van der Waals surface area (Å²) in [5.74, 6) is 0.196. The lowest BCUT2D eigenvalue weighted by Gasteiger charge is -2.06. The van der Waals surface area contributed by atoms with E-state index in [0.717, 1.165) is 5.69 Å². The van der Waals surface area contributed by atoms with Gasteiger partial charge in [0.2, 0.25) is 0 Å². The van der Waals surface area contributed by atoms with Gasteiger partial charge < -0.3 is 9.47 Å². The van der Waals surface area contributed by atoms with Crippen LogP contribution in [0.15, 0.2) is 30.6 Å². The van der Waals surface area contributed by atoms with Crippen LogP contribution in [0.1, 0.15) is 6.92 Å². The van der Waals surface area contributed by atoms with E-state index < -0.39 is 0 Å². The second-order valence-corrected chi connectivity index (χ2v) is 3.34. The lowest BCUT2D eigenvalue weighted by molar-refractivity contribution is -0.145. The van der Waals surface area contributed by atoms with E-state index in [1.165, 1.54) is 11.0 Å². The second kappa shape index (κ2) is 5.76. The third kappa shape index (κ3) is 3.03. The molecule has 0 radical (unpaired) electrons. The molecular weight excluding hydrogens is 236 g/mol. The van der Waals surface area contributed by atoms with Crippen LogP contribution >= 0.6 is 0 Å². The molecule has 0 bridgehead atoms. The second-order valence-electron chi connectivity index (χ2n) is 3.34. The first-order chi connectivity index (χ1) is 8.79. The van der Waals surface area contributed by atoms with Crippen LogP contribution in [0.2, 0.25) is 0 Å². The Bertz CT molecular complexity index is 496. The van der Waals surface area contributed by atoms with Gasteiger partial charge in [-0.1, -0.05) is 0 Å². The smallest absolute Gasteiger partial charge is 0.344 e. The van der Waals surface area contributed by atoms with Crippen molar-refractivity contribution in [2.75, 3.05) is 13.2 Å². The summed E-state index contributed by atoms with van der Waals surface area (Å²) in [6.07, 6.45) is 1.49. The standard InChI is InChI=1S/C11H12N4O3/c1-2-17-11(16)7-18-10-5-3-9(4-6-10)15-8-12-13-14-15/h3-6,8H,2,7H2,1H3. The Morgan fingerprint density at radius 3 is 2.72 bits per heavy atom. The number of esters is 1. The highest BCUT2D eigenvalue weighted by Gasteiger charge is 2.03. The summed E-state index contributed by atoms with van der Waals surface area (Å²) < 4.78 is 11.5. The summed E-state index contributed by atoms with van der Waals surface area (Å²) in [5, 5.41) is 10.8. The van der Waals surface area contributed by atoms with Gasteiger partial charge in [-0.3, -0.25) is 0 Å².